The van der Waals surface area contributed by atoms with Crippen LogP contribution in [0.4, 0.5) is 0 Å². The molecule has 1 aliphatic carbocycles. The number of furan rings is 1. The van der Waals surface area contributed by atoms with Gasteiger partial charge in [0.05, 0.1) is 0 Å². The highest BCUT2D eigenvalue weighted by molar-refractivity contribution is 6.06. The van der Waals surface area contributed by atoms with Crippen LogP contribution < -0.4 is 0 Å². The first-order valence-electron chi connectivity index (χ1n) is 7.42. The third-order valence-electron chi connectivity index (χ3n) is 4.61. The molecule has 1 aliphatic rings. The second kappa shape index (κ2) is 4.42. The molecule has 2 nitrogen and oxygen atoms in total. The minimum absolute atomic E-state index is 0.202. The van der Waals surface area contributed by atoms with Crippen molar-refractivity contribution in [1.29, 1.82) is 0 Å². The van der Waals surface area contributed by atoms with E-state index in [1.807, 2.05) is 31.2 Å². The monoisotopic (exact) mass is 288 g/mol. The fraction of sp³-hybridized carbons (Fsp3) is 0.200. The summed E-state index contributed by atoms with van der Waals surface area (Å²) in [4.78, 5) is 0. The molecule has 1 atom stereocenters. The molecule has 4 rings (SSSR count). The van der Waals surface area contributed by atoms with E-state index in [-0.39, 0.29) is 5.41 Å². The molecule has 0 saturated carbocycles. The molecule has 3 aromatic rings. The lowest BCUT2D eigenvalue weighted by Crippen LogP contribution is -2.19. The molecule has 1 N–H and O–H groups in total. The van der Waals surface area contributed by atoms with Gasteiger partial charge in [0.25, 0.3) is 0 Å². The molecule has 22 heavy (non-hydrogen) atoms. The molecule has 0 amide bonds. The highest BCUT2D eigenvalue weighted by atomic mass is 16.3. The Balaban J connectivity index is 2.08. The normalized spacial score (nSPS) is 20.6. The van der Waals surface area contributed by atoms with Gasteiger partial charge in [-0.25, -0.2) is 0 Å². The number of hydrogen-bond acceptors (Lipinski definition) is 2. The van der Waals surface area contributed by atoms with Crippen LogP contribution in [0.5, 0.6) is 5.75 Å². The Morgan fingerprint density at radius 3 is 2.91 bits per heavy atom. The molecule has 0 bridgehead atoms. The fourth-order valence-corrected chi connectivity index (χ4v) is 3.25. The standard InChI is InChI=1S/C20H16O2/c1-13-18(21)16(20(2)10-6-3-7-11-20)12-15-14-8-4-5-9-17(14)22-19(13)15/h3-4,6-8,10,12,21H,11H2,1-2H3. The van der Waals surface area contributed by atoms with E-state index in [2.05, 4.69) is 37.3 Å². The summed E-state index contributed by atoms with van der Waals surface area (Å²) in [6.07, 6.45) is 9.24. The van der Waals surface area contributed by atoms with Crippen molar-refractivity contribution >= 4 is 21.9 Å². The van der Waals surface area contributed by atoms with Crippen LogP contribution in [0.2, 0.25) is 0 Å². The minimum Gasteiger partial charge on any atom is -0.507 e. The van der Waals surface area contributed by atoms with Crippen molar-refractivity contribution in [2.75, 3.05) is 0 Å². The average Bonchev–Trinajstić information content (AvgIpc) is 2.90. The van der Waals surface area contributed by atoms with Gasteiger partial charge in [0.1, 0.15) is 11.3 Å². The number of fused-ring (bicyclic) bond motifs is 3. The van der Waals surface area contributed by atoms with Crippen LogP contribution in [0.3, 0.4) is 0 Å². The smallest absolute Gasteiger partial charge is 0.185 e. The number of phenolic OH excluding ortho intramolecular Hbond substituents is 1. The van der Waals surface area contributed by atoms with Gasteiger partial charge in [0, 0.05) is 27.3 Å². The van der Waals surface area contributed by atoms with Crippen LogP contribution >= 0.6 is 0 Å². The zero-order valence-electron chi connectivity index (χ0n) is 12.6. The lowest BCUT2D eigenvalue weighted by molar-refractivity contribution is 0.445. The molecule has 2 aromatic carbocycles. The zero-order valence-corrected chi connectivity index (χ0v) is 12.6. The largest absolute Gasteiger partial charge is 0.507 e. The number of rotatable bonds is 1. The van der Waals surface area contributed by atoms with Gasteiger partial charge >= 0.3 is 0 Å². The van der Waals surface area contributed by atoms with Gasteiger partial charge in [0.2, 0.25) is 0 Å². The molecular weight excluding hydrogens is 272 g/mol. The second-order valence-electron chi connectivity index (χ2n) is 6.13. The molecule has 1 aromatic heterocycles. The first-order chi connectivity index (χ1) is 10.6. The summed E-state index contributed by atoms with van der Waals surface area (Å²) in [6.45, 7) is 4.05. The van der Waals surface area contributed by atoms with Crippen molar-refractivity contribution in [3.05, 3.63) is 65.8 Å². The molecule has 0 fully saturated rings. The van der Waals surface area contributed by atoms with E-state index >= 15 is 0 Å². The maximum atomic E-state index is 10.7. The van der Waals surface area contributed by atoms with E-state index in [0.717, 1.165) is 33.9 Å². The van der Waals surface area contributed by atoms with Gasteiger partial charge < -0.3 is 9.52 Å². The molecule has 108 valence electrons. The van der Waals surface area contributed by atoms with Crippen molar-refractivity contribution in [2.45, 2.75) is 25.7 Å². The van der Waals surface area contributed by atoms with Crippen LogP contribution in [0, 0.1) is 19.1 Å². The van der Waals surface area contributed by atoms with E-state index in [4.69, 9.17) is 4.42 Å². The molecular formula is C20H16O2. The molecule has 2 heteroatoms. The number of benzene rings is 1. The highest BCUT2D eigenvalue weighted by Gasteiger charge is 2.29. The van der Waals surface area contributed by atoms with E-state index in [0.29, 0.717) is 11.3 Å². The third kappa shape index (κ3) is 1.69. The Bertz CT molecular complexity index is 943. The number of allylic oxidation sites excluding steroid dienone is 4. The summed E-state index contributed by atoms with van der Waals surface area (Å²) in [5, 5.41) is 12.7. The summed E-state index contributed by atoms with van der Waals surface area (Å²) < 4.78 is 5.86. The lowest BCUT2D eigenvalue weighted by Gasteiger charge is -2.28. The number of hydrogen-bond donors (Lipinski definition) is 1. The molecule has 1 unspecified atom stereocenters. The van der Waals surface area contributed by atoms with Gasteiger partial charge in [-0.1, -0.05) is 37.3 Å². The molecule has 0 spiro atoms. The lowest BCUT2D eigenvalue weighted by atomic mass is 9.76. The first-order valence-corrected chi connectivity index (χ1v) is 7.42. The van der Waals surface area contributed by atoms with Crippen LogP contribution in [0.25, 0.3) is 21.9 Å². The van der Waals surface area contributed by atoms with Gasteiger partial charge in [-0.2, -0.15) is 0 Å². The van der Waals surface area contributed by atoms with Crippen LogP contribution in [0.15, 0.2) is 46.9 Å². The predicted molar refractivity (Wildman–Crippen MR) is 88.0 cm³/mol. The third-order valence-corrected chi connectivity index (χ3v) is 4.61. The highest BCUT2D eigenvalue weighted by Crippen LogP contribution is 2.43. The van der Waals surface area contributed by atoms with Gasteiger partial charge in [-0.3, -0.25) is 0 Å². The van der Waals surface area contributed by atoms with Crippen molar-refractivity contribution in [2.24, 2.45) is 0 Å². The SMILES string of the molecule is Cc1c(O)c(C2(C)C=CC=CC2)cc2c1oc1c#cccc12. The van der Waals surface area contributed by atoms with Crippen molar-refractivity contribution in [3.8, 4) is 5.75 Å². The number of aromatic hydroxyl groups is 1. The topological polar surface area (TPSA) is 33.4 Å². The summed E-state index contributed by atoms with van der Waals surface area (Å²) in [7, 11) is 0. The van der Waals surface area contributed by atoms with Crippen LogP contribution in [-0.4, -0.2) is 5.11 Å². The Labute approximate surface area is 129 Å². The average molecular weight is 288 g/mol. The van der Waals surface area contributed by atoms with Crippen molar-refractivity contribution < 1.29 is 9.52 Å². The Morgan fingerprint density at radius 1 is 1.27 bits per heavy atom. The maximum Gasteiger partial charge on any atom is 0.185 e. The second-order valence-corrected chi connectivity index (χ2v) is 6.13. The van der Waals surface area contributed by atoms with Crippen LogP contribution in [0.1, 0.15) is 24.5 Å². The fourth-order valence-electron chi connectivity index (χ4n) is 3.25. The molecule has 1 heterocycles. The Kier molecular flexibility index (Phi) is 2.62. The predicted octanol–water partition coefficient (Wildman–Crippen LogP) is 4.97. The quantitative estimate of drug-likeness (QED) is 0.685. The number of aryl methyl sites for hydroxylation is 1. The molecule has 0 aliphatic heterocycles. The maximum absolute atomic E-state index is 10.7. The minimum atomic E-state index is -0.202. The van der Waals surface area contributed by atoms with Crippen LogP contribution in [-0.2, 0) is 5.41 Å². The Morgan fingerprint density at radius 2 is 2.14 bits per heavy atom. The molecule has 0 saturated heterocycles. The van der Waals surface area contributed by atoms with E-state index in [9.17, 15) is 5.11 Å². The van der Waals surface area contributed by atoms with Crippen molar-refractivity contribution in [3.63, 3.8) is 0 Å². The van der Waals surface area contributed by atoms with E-state index in [1.165, 1.54) is 0 Å². The Hall–Kier alpha value is -2.66. The van der Waals surface area contributed by atoms with Gasteiger partial charge in [0.15, 0.2) is 5.58 Å². The summed E-state index contributed by atoms with van der Waals surface area (Å²) in [6, 6.07) is 11.8. The van der Waals surface area contributed by atoms with Gasteiger partial charge in [-0.15, -0.1) is 0 Å². The van der Waals surface area contributed by atoms with Crippen molar-refractivity contribution in [1.82, 2.24) is 0 Å². The number of phenols is 1. The summed E-state index contributed by atoms with van der Waals surface area (Å²) >= 11 is 0. The molecule has 0 radical (unpaired) electrons. The first kappa shape index (κ1) is 13.0. The van der Waals surface area contributed by atoms with Gasteiger partial charge in [-0.05, 0) is 37.6 Å². The summed E-state index contributed by atoms with van der Waals surface area (Å²) in [5.41, 5.74) is 2.92. The zero-order chi connectivity index (χ0) is 15.3. The summed E-state index contributed by atoms with van der Waals surface area (Å²) in [5.74, 6) is 0.318. The van der Waals surface area contributed by atoms with E-state index < -0.39 is 0 Å². The van der Waals surface area contributed by atoms with E-state index in [1.54, 1.807) is 0 Å².